The minimum absolute atomic E-state index is 0.713. The van der Waals surface area contributed by atoms with Crippen molar-refractivity contribution in [2.75, 3.05) is 57.4 Å². The van der Waals surface area contributed by atoms with E-state index in [-0.39, 0.29) is 0 Å². The van der Waals surface area contributed by atoms with E-state index >= 15 is 0 Å². The molecule has 0 radical (unpaired) electrons. The maximum Gasteiger partial charge on any atom is 0.182 e. The van der Waals surface area contributed by atoms with Gasteiger partial charge in [-0.05, 0) is 23.8 Å². The van der Waals surface area contributed by atoms with Crippen molar-refractivity contribution in [3.05, 3.63) is 42.4 Å². The van der Waals surface area contributed by atoms with E-state index in [0.29, 0.717) is 5.82 Å². The summed E-state index contributed by atoms with van der Waals surface area (Å²) in [6.07, 6.45) is 5.87. The number of fused-ring (bicyclic) bond motifs is 2. The molecular formula is C22H26N8O. The topological polar surface area (TPSA) is 86.6 Å². The molecule has 2 fully saturated rings. The number of pyridine rings is 1. The summed E-state index contributed by atoms with van der Waals surface area (Å²) in [7, 11) is 0. The highest BCUT2D eigenvalue weighted by Crippen LogP contribution is 2.29. The number of anilines is 1. The standard InChI is InChI=1S/C22H26N8O/c1-3-24-20-17(1)18(2-4-25-20)21-26-22(29-9-11-31-12-10-29)19-13-16(15-30(19)27-21)14-28-7-5-23-6-8-28/h1-4,13,15,23H,5-12,14H2,(H,24,25). The maximum absolute atomic E-state index is 5.58. The number of H-pyrrole nitrogens is 1. The molecule has 0 saturated carbocycles. The first-order valence-electron chi connectivity index (χ1n) is 10.9. The van der Waals surface area contributed by atoms with Crippen LogP contribution in [0.15, 0.2) is 36.8 Å². The van der Waals surface area contributed by atoms with Crippen LogP contribution in [0, 0.1) is 0 Å². The maximum atomic E-state index is 5.58. The van der Waals surface area contributed by atoms with Gasteiger partial charge in [-0.15, -0.1) is 5.10 Å². The number of nitrogens with zero attached hydrogens (tertiary/aromatic N) is 6. The van der Waals surface area contributed by atoms with Crippen LogP contribution in [-0.4, -0.2) is 81.9 Å². The molecule has 9 nitrogen and oxygen atoms in total. The minimum atomic E-state index is 0.713. The van der Waals surface area contributed by atoms with Crippen LogP contribution in [0.4, 0.5) is 5.82 Å². The Labute approximate surface area is 180 Å². The van der Waals surface area contributed by atoms with E-state index in [1.54, 1.807) is 0 Å². The predicted molar refractivity (Wildman–Crippen MR) is 119 cm³/mol. The molecule has 0 atom stereocenters. The summed E-state index contributed by atoms with van der Waals surface area (Å²) in [6.45, 7) is 8.27. The SMILES string of the molecule is c1cc(-c2nc(N3CCOCC3)c3cc(CN4CCNCC4)cn3n2)c2cc[nH]c2n1. The molecule has 31 heavy (non-hydrogen) atoms. The average Bonchev–Trinajstić information content (AvgIpc) is 3.46. The number of aromatic amines is 1. The van der Waals surface area contributed by atoms with Gasteiger partial charge >= 0.3 is 0 Å². The molecular weight excluding hydrogens is 392 g/mol. The predicted octanol–water partition coefficient (Wildman–Crippen LogP) is 1.51. The second kappa shape index (κ2) is 7.92. The van der Waals surface area contributed by atoms with Gasteiger partial charge in [-0.1, -0.05) is 0 Å². The number of ether oxygens (including phenoxy) is 1. The first-order chi connectivity index (χ1) is 15.3. The zero-order chi connectivity index (χ0) is 20.6. The highest BCUT2D eigenvalue weighted by Gasteiger charge is 2.21. The highest BCUT2D eigenvalue weighted by molar-refractivity contribution is 5.91. The Kier molecular flexibility index (Phi) is 4.78. The number of piperazine rings is 1. The molecule has 0 unspecified atom stereocenters. The number of aromatic nitrogens is 5. The van der Waals surface area contributed by atoms with E-state index < -0.39 is 0 Å². The van der Waals surface area contributed by atoms with Crippen LogP contribution in [-0.2, 0) is 11.3 Å². The van der Waals surface area contributed by atoms with E-state index in [4.69, 9.17) is 14.8 Å². The van der Waals surface area contributed by atoms with Gasteiger partial charge in [0.1, 0.15) is 11.2 Å². The molecule has 4 aromatic rings. The first kappa shape index (κ1) is 18.7. The van der Waals surface area contributed by atoms with Crippen LogP contribution in [0.2, 0.25) is 0 Å². The summed E-state index contributed by atoms with van der Waals surface area (Å²) in [5.41, 5.74) is 4.15. The third-order valence-electron chi connectivity index (χ3n) is 6.13. The molecule has 2 saturated heterocycles. The first-order valence-corrected chi connectivity index (χ1v) is 10.9. The Morgan fingerprint density at radius 2 is 1.94 bits per heavy atom. The fourth-order valence-corrected chi connectivity index (χ4v) is 4.53. The molecule has 0 aromatic carbocycles. The molecule has 0 aliphatic carbocycles. The quantitative estimate of drug-likeness (QED) is 0.520. The molecule has 0 amide bonds. The molecule has 6 heterocycles. The molecule has 4 aromatic heterocycles. The molecule has 2 aliphatic heterocycles. The summed E-state index contributed by atoms with van der Waals surface area (Å²) in [5, 5.41) is 9.37. The Morgan fingerprint density at radius 3 is 2.81 bits per heavy atom. The fraction of sp³-hybridized carbons (Fsp3) is 0.409. The van der Waals surface area contributed by atoms with E-state index in [0.717, 1.165) is 87.0 Å². The number of morpholine rings is 1. The van der Waals surface area contributed by atoms with Crippen molar-refractivity contribution in [3.8, 4) is 11.4 Å². The average molecular weight is 419 g/mol. The van der Waals surface area contributed by atoms with Crippen molar-refractivity contribution in [2.45, 2.75) is 6.54 Å². The van der Waals surface area contributed by atoms with Gasteiger partial charge in [-0.2, -0.15) is 0 Å². The number of hydrogen-bond acceptors (Lipinski definition) is 7. The van der Waals surface area contributed by atoms with Crippen molar-refractivity contribution in [1.29, 1.82) is 0 Å². The van der Waals surface area contributed by atoms with Gasteiger partial charge in [0.25, 0.3) is 0 Å². The molecule has 160 valence electrons. The molecule has 0 spiro atoms. The number of hydrogen-bond donors (Lipinski definition) is 2. The van der Waals surface area contributed by atoms with Crippen molar-refractivity contribution in [1.82, 2.24) is 34.8 Å². The van der Waals surface area contributed by atoms with E-state index in [9.17, 15) is 0 Å². The minimum Gasteiger partial charge on any atom is -0.378 e. The summed E-state index contributed by atoms with van der Waals surface area (Å²) in [6, 6.07) is 6.27. The summed E-state index contributed by atoms with van der Waals surface area (Å²) in [5.74, 6) is 1.69. The summed E-state index contributed by atoms with van der Waals surface area (Å²) >= 11 is 0. The van der Waals surface area contributed by atoms with Crippen molar-refractivity contribution >= 4 is 22.4 Å². The van der Waals surface area contributed by atoms with Crippen molar-refractivity contribution < 1.29 is 4.74 Å². The zero-order valence-corrected chi connectivity index (χ0v) is 17.4. The van der Waals surface area contributed by atoms with Gasteiger partial charge in [-0.3, -0.25) is 4.90 Å². The number of nitrogens with one attached hydrogen (secondary N) is 2. The van der Waals surface area contributed by atoms with Crippen LogP contribution in [0.25, 0.3) is 27.9 Å². The zero-order valence-electron chi connectivity index (χ0n) is 17.4. The lowest BCUT2D eigenvalue weighted by Gasteiger charge is -2.28. The molecule has 9 heteroatoms. The van der Waals surface area contributed by atoms with Crippen LogP contribution in [0.1, 0.15) is 5.56 Å². The van der Waals surface area contributed by atoms with Crippen molar-refractivity contribution in [2.24, 2.45) is 0 Å². The largest absolute Gasteiger partial charge is 0.378 e. The lowest BCUT2D eigenvalue weighted by Crippen LogP contribution is -2.42. The van der Waals surface area contributed by atoms with Crippen LogP contribution >= 0.6 is 0 Å². The summed E-state index contributed by atoms with van der Waals surface area (Å²) in [4.78, 5) is 17.5. The van der Waals surface area contributed by atoms with Crippen LogP contribution in [0.3, 0.4) is 0 Å². The fourth-order valence-electron chi connectivity index (χ4n) is 4.53. The van der Waals surface area contributed by atoms with Crippen LogP contribution < -0.4 is 10.2 Å². The Balaban J connectivity index is 1.46. The van der Waals surface area contributed by atoms with E-state index in [2.05, 4.69) is 37.3 Å². The third kappa shape index (κ3) is 3.54. The van der Waals surface area contributed by atoms with Gasteiger partial charge < -0.3 is 19.9 Å². The second-order valence-corrected chi connectivity index (χ2v) is 8.16. The highest BCUT2D eigenvalue weighted by atomic mass is 16.5. The van der Waals surface area contributed by atoms with Gasteiger partial charge in [0, 0.05) is 75.4 Å². The lowest BCUT2D eigenvalue weighted by molar-refractivity contribution is 0.122. The van der Waals surface area contributed by atoms with Gasteiger partial charge in [0.15, 0.2) is 11.6 Å². The lowest BCUT2D eigenvalue weighted by atomic mass is 10.2. The van der Waals surface area contributed by atoms with Gasteiger partial charge in [-0.25, -0.2) is 14.5 Å². The molecule has 2 aliphatic rings. The Morgan fingerprint density at radius 1 is 1.06 bits per heavy atom. The van der Waals surface area contributed by atoms with Gasteiger partial charge in [0.05, 0.1) is 13.2 Å². The number of rotatable bonds is 4. The smallest absolute Gasteiger partial charge is 0.182 e. The third-order valence-corrected chi connectivity index (χ3v) is 6.13. The Hall–Kier alpha value is -3.01. The summed E-state index contributed by atoms with van der Waals surface area (Å²) < 4.78 is 7.59. The van der Waals surface area contributed by atoms with E-state index in [1.807, 2.05) is 29.0 Å². The normalized spacial score (nSPS) is 18.3. The van der Waals surface area contributed by atoms with Crippen molar-refractivity contribution in [3.63, 3.8) is 0 Å². The Bertz CT molecular complexity index is 1200. The molecule has 0 bridgehead atoms. The second-order valence-electron chi connectivity index (χ2n) is 8.16. The van der Waals surface area contributed by atoms with E-state index in [1.165, 1.54) is 5.56 Å². The monoisotopic (exact) mass is 418 g/mol. The molecule has 2 N–H and O–H groups in total. The van der Waals surface area contributed by atoms with Gasteiger partial charge in [0.2, 0.25) is 0 Å². The van der Waals surface area contributed by atoms with Crippen LogP contribution in [0.5, 0.6) is 0 Å². The molecule has 6 rings (SSSR count).